The highest BCUT2D eigenvalue weighted by Crippen LogP contribution is 2.23. The SMILES string of the molecule is COc1ccc(C(=O)C(C)Oc2ccc(NC(=O)c3ccc(Cl)cc3Cl)cc2)cc1. The van der Waals surface area contributed by atoms with Crippen LogP contribution in [0.1, 0.15) is 27.6 Å². The van der Waals surface area contributed by atoms with E-state index in [1.807, 2.05) is 0 Å². The van der Waals surface area contributed by atoms with Gasteiger partial charge in [0, 0.05) is 16.3 Å². The normalized spacial score (nSPS) is 11.5. The van der Waals surface area contributed by atoms with E-state index in [0.29, 0.717) is 33.3 Å². The van der Waals surface area contributed by atoms with Crippen LogP contribution in [-0.4, -0.2) is 24.9 Å². The molecule has 3 rings (SSSR count). The molecule has 3 aromatic rings. The van der Waals surface area contributed by atoms with E-state index < -0.39 is 6.10 Å². The van der Waals surface area contributed by atoms with Gasteiger partial charge >= 0.3 is 0 Å². The number of anilines is 1. The monoisotopic (exact) mass is 443 g/mol. The molecule has 3 aromatic carbocycles. The van der Waals surface area contributed by atoms with E-state index in [-0.39, 0.29) is 16.7 Å². The lowest BCUT2D eigenvalue weighted by atomic mass is 10.1. The highest BCUT2D eigenvalue weighted by molar-refractivity contribution is 6.37. The topological polar surface area (TPSA) is 64.6 Å². The number of halogens is 2. The fraction of sp³-hybridized carbons (Fsp3) is 0.130. The van der Waals surface area contributed by atoms with Crippen LogP contribution in [0.3, 0.4) is 0 Å². The minimum absolute atomic E-state index is 0.146. The highest BCUT2D eigenvalue weighted by atomic mass is 35.5. The summed E-state index contributed by atoms with van der Waals surface area (Å²) in [5.41, 5.74) is 1.42. The second-order valence-corrected chi connectivity index (χ2v) is 7.30. The van der Waals surface area contributed by atoms with Crippen molar-refractivity contribution >= 4 is 40.6 Å². The Bertz CT molecular complexity index is 1050. The van der Waals surface area contributed by atoms with E-state index in [4.69, 9.17) is 32.7 Å². The van der Waals surface area contributed by atoms with Gasteiger partial charge in [-0.15, -0.1) is 0 Å². The van der Waals surface area contributed by atoms with Crippen molar-refractivity contribution in [2.75, 3.05) is 12.4 Å². The van der Waals surface area contributed by atoms with Crippen molar-refractivity contribution in [3.8, 4) is 11.5 Å². The predicted octanol–water partition coefficient (Wildman–Crippen LogP) is 5.90. The van der Waals surface area contributed by atoms with Gasteiger partial charge in [-0.25, -0.2) is 0 Å². The van der Waals surface area contributed by atoms with Crippen molar-refractivity contribution in [1.29, 1.82) is 0 Å². The molecule has 0 bridgehead atoms. The molecule has 0 radical (unpaired) electrons. The lowest BCUT2D eigenvalue weighted by Crippen LogP contribution is -2.23. The minimum atomic E-state index is -0.674. The van der Waals surface area contributed by atoms with Crippen molar-refractivity contribution < 1.29 is 19.1 Å². The van der Waals surface area contributed by atoms with Crippen LogP contribution >= 0.6 is 23.2 Å². The number of ether oxygens (including phenoxy) is 2. The first-order valence-electron chi connectivity index (χ1n) is 9.09. The standard InChI is InChI=1S/C23H19Cl2NO4/c1-14(22(27)15-3-8-18(29-2)9-4-15)30-19-10-6-17(7-11-19)26-23(28)20-12-5-16(24)13-21(20)25/h3-14H,1-2H3,(H,26,28). The van der Waals surface area contributed by atoms with Crippen LogP contribution < -0.4 is 14.8 Å². The molecule has 0 aromatic heterocycles. The number of carbonyl (C=O) groups is 2. The number of ketones is 1. The zero-order chi connectivity index (χ0) is 21.7. The Labute approximate surface area is 184 Å². The lowest BCUT2D eigenvalue weighted by molar-refractivity contribution is 0.0818. The third kappa shape index (κ3) is 5.32. The summed E-state index contributed by atoms with van der Waals surface area (Å²) in [6.45, 7) is 1.69. The summed E-state index contributed by atoms with van der Waals surface area (Å²) in [6, 6.07) is 18.2. The van der Waals surface area contributed by atoms with E-state index in [2.05, 4.69) is 5.32 Å². The molecule has 0 aliphatic carbocycles. The fourth-order valence-electron chi connectivity index (χ4n) is 2.74. The van der Waals surface area contributed by atoms with Crippen LogP contribution in [0.5, 0.6) is 11.5 Å². The molecule has 7 heteroatoms. The van der Waals surface area contributed by atoms with Gasteiger partial charge in [-0.3, -0.25) is 9.59 Å². The van der Waals surface area contributed by atoms with Gasteiger partial charge in [0.15, 0.2) is 6.10 Å². The van der Waals surface area contributed by atoms with E-state index >= 15 is 0 Å². The second-order valence-electron chi connectivity index (χ2n) is 6.46. The molecule has 1 atom stereocenters. The molecule has 0 saturated heterocycles. The first-order chi connectivity index (χ1) is 14.4. The molecule has 0 spiro atoms. The van der Waals surface area contributed by atoms with Crippen LogP contribution in [0.25, 0.3) is 0 Å². The maximum Gasteiger partial charge on any atom is 0.257 e. The molecular formula is C23H19Cl2NO4. The largest absolute Gasteiger partial charge is 0.497 e. The number of hydrogen-bond acceptors (Lipinski definition) is 4. The van der Waals surface area contributed by atoms with Gasteiger partial charge in [0.2, 0.25) is 5.78 Å². The fourth-order valence-corrected chi connectivity index (χ4v) is 3.23. The van der Waals surface area contributed by atoms with Crippen LogP contribution in [0.4, 0.5) is 5.69 Å². The van der Waals surface area contributed by atoms with Gasteiger partial charge in [0.1, 0.15) is 11.5 Å². The van der Waals surface area contributed by atoms with E-state index in [1.165, 1.54) is 6.07 Å². The Morgan fingerprint density at radius 1 is 0.900 bits per heavy atom. The van der Waals surface area contributed by atoms with Gasteiger partial charge in [-0.1, -0.05) is 23.2 Å². The number of nitrogens with one attached hydrogen (secondary N) is 1. The maximum atomic E-state index is 12.5. The smallest absolute Gasteiger partial charge is 0.257 e. The highest BCUT2D eigenvalue weighted by Gasteiger charge is 2.17. The van der Waals surface area contributed by atoms with Crippen LogP contribution in [0.15, 0.2) is 66.7 Å². The third-order valence-corrected chi connectivity index (χ3v) is 4.89. The van der Waals surface area contributed by atoms with Crippen molar-refractivity contribution in [1.82, 2.24) is 0 Å². The molecule has 1 unspecified atom stereocenters. The number of hydrogen-bond donors (Lipinski definition) is 1. The van der Waals surface area contributed by atoms with Crippen LogP contribution in [0.2, 0.25) is 10.0 Å². The summed E-state index contributed by atoms with van der Waals surface area (Å²) < 4.78 is 10.8. The summed E-state index contributed by atoms with van der Waals surface area (Å²) in [5, 5.41) is 3.48. The van der Waals surface area contributed by atoms with Crippen LogP contribution in [0, 0.1) is 0 Å². The number of rotatable bonds is 7. The number of amides is 1. The van der Waals surface area contributed by atoms with Crippen molar-refractivity contribution in [3.63, 3.8) is 0 Å². The zero-order valence-corrected chi connectivity index (χ0v) is 17.8. The Morgan fingerprint density at radius 3 is 2.13 bits per heavy atom. The Hall–Kier alpha value is -3.02. The van der Waals surface area contributed by atoms with Gasteiger partial charge < -0.3 is 14.8 Å². The maximum absolute atomic E-state index is 12.5. The van der Waals surface area contributed by atoms with E-state index in [9.17, 15) is 9.59 Å². The Balaban J connectivity index is 1.62. The first-order valence-corrected chi connectivity index (χ1v) is 9.84. The van der Waals surface area contributed by atoms with Crippen molar-refractivity contribution in [2.45, 2.75) is 13.0 Å². The first kappa shape index (κ1) is 21.7. The van der Waals surface area contributed by atoms with Gasteiger partial charge in [0.25, 0.3) is 5.91 Å². The molecule has 1 N–H and O–H groups in total. The van der Waals surface area contributed by atoms with E-state index in [1.54, 1.807) is 74.7 Å². The van der Waals surface area contributed by atoms with Gasteiger partial charge in [-0.2, -0.15) is 0 Å². The number of Topliss-reactive ketones (excluding diaryl/α,β-unsaturated/α-hetero) is 1. The number of benzene rings is 3. The average molecular weight is 444 g/mol. The molecule has 0 fully saturated rings. The Kier molecular flexibility index (Phi) is 6.98. The molecule has 1 amide bonds. The summed E-state index contributed by atoms with van der Waals surface area (Å²) in [6.07, 6.45) is -0.674. The predicted molar refractivity (Wildman–Crippen MR) is 118 cm³/mol. The van der Waals surface area contributed by atoms with Crippen molar-refractivity contribution in [3.05, 3.63) is 87.9 Å². The summed E-state index contributed by atoms with van der Waals surface area (Å²) in [5.74, 6) is 0.685. The zero-order valence-electron chi connectivity index (χ0n) is 16.3. The quantitative estimate of drug-likeness (QED) is 0.461. The minimum Gasteiger partial charge on any atom is -0.497 e. The summed E-state index contributed by atoms with van der Waals surface area (Å²) in [4.78, 5) is 24.9. The molecule has 0 heterocycles. The van der Waals surface area contributed by atoms with E-state index in [0.717, 1.165) is 0 Å². The molecule has 30 heavy (non-hydrogen) atoms. The molecule has 0 aliphatic heterocycles. The molecule has 154 valence electrons. The summed E-state index contributed by atoms with van der Waals surface area (Å²) in [7, 11) is 1.57. The van der Waals surface area contributed by atoms with Gasteiger partial charge in [-0.05, 0) is 73.7 Å². The summed E-state index contributed by atoms with van der Waals surface area (Å²) >= 11 is 11.9. The van der Waals surface area contributed by atoms with Gasteiger partial charge in [0.05, 0.1) is 17.7 Å². The van der Waals surface area contributed by atoms with Crippen LogP contribution in [-0.2, 0) is 0 Å². The van der Waals surface area contributed by atoms with Crippen molar-refractivity contribution in [2.24, 2.45) is 0 Å². The Morgan fingerprint density at radius 2 is 1.53 bits per heavy atom. The molecule has 5 nitrogen and oxygen atoms in total. The molecule has 0 aliphatic rings. The molecule has 0 saturated carbocycles. The molecular weight excluding hydrogens is 425 g/mol. The second kappa shape index (κ2) is 9.65. The third-order valence-electron chi connectivity index (χ3n) is 4.34. The number of methoxy groups -OCH3 is 1. The average Bonchev–Trinajstić information content (AvgIpc) is 2.74. The number of carbonyl (C=O) groups excluding carboxylic acids is 2. The lowest BCUT2D eigenvalue weighted by Gasteiger charge is -2.14.